The summed E-state index contributed by atoms with van der Waals surface area (Å²) < 4.78 is 32.1. The van der Waals surface area contributed by atoms with Gasteiger partial charge in [-0.25, -0.2) is 8.42 Å². The average molecular weight is 356 g/mol. The van der Waals surface area contributed by atoms with Crippen LogP contribution < -0.4 is 10.0 Å². The number of amides is 1. The van der Waals surface area contributed by atoms with Gasteiger partial charge in [-0.15, -0.1) is 0 Å². The lowest BCUT2D eigenvalue weighted by Gasteiger charge is -2.19. The lowest BCUT2D eigenvalue weighted by molar-refractivity contribution is -0.150. The van der Waals surface area contributed by atoms with Crippen molar-refractivity contribution in [2.75, 3.05) is 13.7 Å². The first-order chi connectivity index (χ1) is 11.2. The highest BCUT2D eigenvalue weighted by molar-refractivity contribution is 7.89. The Morgan fingerprint density at radius 3 is 2.25 bits per heavy atom. The van der Waals surface area contributed by atoms with Crippen LogP contribution in [0.5, 0.6) is 0 Å². The normalized spacial score (nSPS) is 12.7. The average Bonchev–Trinajstić information content (AvgIpc) is 2.51. The molecule has 0 saturated carbocycles. The SMILES string of the molecule is CNC(=O)COC(=O)[C@H](CC(C)C)NS(=O)(=O)c1ccc(C)cc1. The second-order valence-electron chi connectivity index (χ2n) is 5.90. The molecule has 24 heavy (non-hydrogen) atoms. The fraction of sp³-hybridized carbons (Fsp3) is 0.500. The van der Waals surface area contributed by atoms with Crippen LogP contribution in [0.4, 0.5) is 0 Å². The first-order valence-electron chi connectivity index (χ1n) is 7.62. The number of hydrogen-bond acceptors (Lipinski definition) is 5. The molecule has 0 radical (unpaired) electrons. The zero-order valence-corrected chi connectivity index (χ0v) is 15.1. The van der Waals surface area contributed by atoms with Crippen LogP contribution in [0.1, 0.15) is 25.8 Å². The van der Waals surface area contributed by atoms with Crippen LogP contribution in [0.25, 0.3) is 0 Å². The van der Waals surface area contributed by atoms with Crippen molar-refractivity contribution in [3.8, 4) is 0 Å². The van der Waals surface area contributed by atoms with E-state index in [2.05, 4.69) is 10.0 Å². The predicted molar refractivity (Wildman–Crippen MR) is 89.8 cm³/mol. The predicted octanol–water partition coefficient (Wildman–Crippen LogP) is 0.977. The summed E-state index contributed by atoms with van der Waals surface area (Å²) in [6.07, 6.45) is 0.262. The number of likely N-dealkylation sites (N-methyl/N-ethyl adjacent to an activating group) is 1. The van der Waals surface area contributed by atoms with Crippen molar-refractivity contribution in [2.45, 2.75) is 38.1 Å². The fourth-order valence-corrected chi connectivity index (χ4v) is 3.14. The number of aryl methyl sites for hydroxylation is 1. The standard InChI is InChI=1S/C16H24N2O5S/c1-11(2)9-14(16(20)23-10-15(19)17-4)18-24(21,22)13-7-5-12(3)6-8-13/h5-8,11,14,18H,9-10H2,1-4H3,(H,17,19)/t14-/m0/s1. The number of benzene rings is 1. The van der Waals surface area contributed by atoms with E-state index in [0.717, 1.165) is 5.56 Å². The largest absolute Gasteiger partial charge is 0.454 e. The molecule has 0 aliphatic rings. The summed E-state index contributed by atoms with van der Waals surface area (Å²) in [5.41, 5.74) is 0.928. The Kier molecular flexibility index (Phi) is 7.37. The van der Waals surface area contributed by atoms with E-state index in [0.29, 0.717) is 0 Å². The third kappa shape index (κ3) is 6.29. The first kappa shape index (κ1) is 20.1. The van der Waals surface area contributed by atoms with Crippen molar-refractivity contribution in [3.63, 3.8) is 0 Å². The first-order valence-corrected chi connectivity index (χ1v) is 9.10. The monoisotopic (exact) mass is 356 g/mol. The van der Waals surface area contributed by atoms with Crippen LogP contribution in [-0.4, -0.2) is 40.0 Å². The van der Waals surface area contributed by atoms with Gasteiger partial charge in [-0.05, 0) is 31.4 Å². The molecule has 7 nitrogen and oxygen atoms in total. The molecule has 134 valence electrons. The second kappa shape index (κ2) is 8.79. The summed E-state index contributed by atoms with van der Waals surface area (Å²) in [6.45, 7) is 5.12. The van der Waals surface area contributed by atoms with Gasteiger partial charge < -0.3 is 10.1 Å². The molecule has 0 saturated heterocycles. The highest BCUT2D eigenvalue weighted by Crippen LogP contribution is 2.14. The van der Waals surface area contributed by atoms with Gasteiger partial charge in [0.2, 0.25) is 10.0 Å². The van der Waals surface area contributed by atoms with Gasteiger partial charge in [0.25, 0.3) is 5.91 Å². The molecule has 1 atom stereocenters. The van der Waals surface area contributed by atoms with Crippen LogP contribution in [0.2, 0.25) is 0 Å². The third-order valence-electron chi connectivity index (χ3n) is 3.24. The minimum atomic E-state index is -3.86. The molecule has 0 aromatic heterocycles. The number of hydrogen-bond donors (Lipinski definition) is 2. The molecule has 0 heterocycles. The third-order valence-corrected chi connectivity index (χ3v) is 4.73. The number of sulfonamides is 1. The van der Waals surface area contributed by atoms with Gasteiger partial charge in [0.1, 0.15) is 6.04 Å². The van der Waals surface area contributed by atoms with E-state index in [-0.39, 0.29) is 17.2 Å². The van der Waals surface area contributed by atoms with Gasteiger partial charge in [-0.2, -0.15) is 4.72 Å². The number of rotatable bonds is 8. The minimum absolute atomic E-state index is 0.0586. The Labute approximate surface area is 142 Å². The molecule has 2 N–H and O–H groups in total. The molecule has 0 spiro atoms. The van der Waals surface area contributed by atoms with E-state index in [9.17, 15) is 18.0 Å². The molecule has 0 unspecified atom stereocenters. The van der Waals surface area contributed by atoms with Crippen LogP contribution in [0.15, 0.2) is 29.2 Å². The molecule has 0 aliphatic carbocycles. The highest BCUT2D eigenvalue weighted by atomic mass is 32.2. The zero-order valence-electron chi connectivity index (χ0n) is 14.3. The van der Waals surface area contributed by atoms with E-state index < -0.39 is 34.5 Å². The van der Waals surface area contributed by atoms with Crippen molar-refractivity contribution in [2.24, 2.45) is 5.92 Å². The Hall–Kier alpha value is -1.93. The number of carbonyl (C=O) groups excluding carboxylic acids is 2. The molecule has 1 amide bonds. The topological polar surface area (TPSA) is 102 Å². The molecular formula is C16H24N2O5S. The van der Waals surface area contributed by atoms with Crippen LogP contribution in [0.3, 0.4) is 0 Å². The summed E-state index contributed by atoms with van der Waals surface area (Å²) in [5, 5.41) is 2.32. The highest BCUT2D eigenvalue weighted by Gasteiger charge is 2.28. The lowest BCUT2D eigenvalue weighted by atomic mass is 10.1. The molecule has 8 heteroatoms. The Morgan fingerprint density at radius 2 is 1.75 bits per heavy atom. The number of esters is 1. The maximum absolute atomic E-state index is 12.4. The fourth-order valence-electron chi connectivity index (χ4n) is 1.95. The maximum Gasteiger partial charge on any atom is 0.324 e. The summed E-state index contributed by atoms with van der Waals surface area (Å²) in [5.74, 6) is -1.18. The van der Waals surface area contributed by atoms with Crippen molar-refractivity contribution in [1.82, 2.24) is 10.0 Å². The van der Waals surface area contributed by atoms with E-state index in [1.54, 1.807) is 12.1 Å². The smallest absolute Gasteiger partial charge is 0.324 e. The number of ether oxygens (including phenoxy) is 1. The minimum Gasteiger partial charge on any atom is -0.454 e. The van der Waals surface area contributed by atoms with E-state index in [1.807, 2.05) is 20.8 Å². The Bertz CT molecular complexity index is 668. The van der Waals surface area contributed by atoms with Crippen LogP contribution in [0, 0.1) is 12.8 Å². The van der Waals surface area contributed by atoms with Crippen LogP contribution >= 0.6 is 0 Å². The summed E-state index contributed by atoms with van der Waals surface area (Å²) in [7, 11) is -2.44. The summed E-state index contributed by atoms with van der Waals surface area (Å²) in [4.78, 5) is 23.4. The molecule has 0 aliphatic heterocycles. The van der Waals surface area contributed by atoms with E-state index in [4.69, 9.17) is 4.74 Å². The molecule has 1 aromatic carbocycles. The molecule has 1 rings (SSSR count). The van der Waals surface area contributed by atoms with Crippen molar-refractivity contribution < 1.29 is 22.7 Å². The second-order valence-corrected chi connectivity index (χ2v) is 7.61. The van der Waals surface area contributed by atoms with Gasteiger partial charge in [0, 0.05) is 7.05 Å². The van der Waals surface area contributed by atoms with Crippen molar-refractivity contribution in [3.05, 3.63) is 29.8 Å². The van der Waals surface area contributed by atoms with Gasteiger partial charge in [0.15, 0.2) is 6.61 Å². The molecule has 0 bridgehead atoms. The zero-order chi connectivity index (χ0) is 18.3. The van der Waals surface area contributed by atoms with Crippen molar-refractivity contribution >= 4 is 21.9 Å². The quantitative estimate of drug-likeness (QED) is 0.676. The van der Waals surface area contributed by atoms with Crippen molar-refractivity contribution in [1.29, 1.82) is 0 Å². The van der Waals surface area contributed by atoms with Crippen LogP contribution in [-0.2, 0) is 24.3 Å². The van der Waals surface area contributed by atoms with Gasteiger partial charge in [-0.3, -0.25) is 9.59 Å². The van der Waals surface area contributed by atoms with E-state index >= 15 is 0 Å². The number of nitrogens with one attached hydrogen (secondary N) is 2. The van der Waals surface area contributed by atoms with Gasteiger partial charge >= 0.3 is 5.97 Å². The van der Waals surface area contributed by atoms with Gasteiger partial charge in [0.05, 0.1) is 4.90 Å². The van der Waals surface area contributed by atoms with E-state index in [1.165, 1.54) is 19.2 Å². The Morgan fingerprint density at radius 1 is 1.17 bits per heavy atom. The summed E-state index contributed by atoms with van der Waals surface area (Å²) in [6, 6.07) is 5.24. The molecule has 1 aromatic rings. The number of carbonyl (C=O) groups is 2. The summed E-state index contributed by atoms with van der Waals surface area (Å²) >= 11 is 0. The molecule has 0 fully saturated rings. The molecular weight excluding hydrogens is 332 g/mol. The Balaban J connectivity index is 2.89. The maximum atomic E-state index is 12.4. The van der Waals surface area contributed by atoms with Gasteiger partial charge in [-0.1, -0.05) is 31.5 Å². The lowest BCUT2D eigenvalue weighted by Crippen LogP contribution is -2.43.